The summed E-state index contributed by atoms with van der Waals surface area (Å²) in [6.07, 6.45) is -4.94. The molecule has 0 saturated carbocycles. The third-order valence-corrected chi connectivity index (χ3v) is 2.13. The van der Waals surface area contributed by atoms with Crippen LogP contribution in [-0.4, -0.2) is 26.0 Å². The van der Waals surface area contributed by atoms with E-state index in [1.54, 1.807) is 24.3 Å². The maximum atomic E-state index is 11.8. The molecule has 0 radical (unpaired) electrons. The molecular weight excluding hydrogens is 247 g/mol. The van der Waals surface area contributed by atoms with Gasteiger partial charge in [-0.1, -0.05) is 0 Å². The van der Waals surface area contributed by atoms with E-state index in [0.717, 1.165) is 0 Å². The summed E-state index contributed by atoms with van der Waals surface area (Å²) in [5, 5.41) is 0. The average Bonchev–Trinajstić information content (AvgIpc) is 2.29. The number of ether oxygens (including phenoxy) is 2. The van der Waals surface area contributed by atoms with Gasteiger partial charge < -0.3 is 15.2 Å². The number of benzene rings is 1. The fourth-order valence-electron chi connectivity index (χ4n) is 1.26. The number of nitrogen functional groups attached to an aromatic ring is 1. The molecule has 1 aromatic carbocycles. The fourth-order valence-corrected chi connectivity index (χ4v) is 1.26. The van der Waals surface area contributed by atoms with Crippen LogP contribution in [0.3, 0.4) is 0 Å². The Morgan fingerprint density at radius 2 is 1.67 bits per heavy atom. The molecule has 0 unspecified atom stereocenters. The van der Waals surface area contributed by atoms with Gasteiger partial charge in [-0.3, -0.25) is 0 Å². The minimum absolute atomic E-state index is 0.0224. The first-order valence-electron chi connectivity index (χ1n) is 5.60. The van der Waals surface area contributed by atoms with E-state index < -0.39 is 12.6 Å². The van der Waals surface area contributed by atoms with E-state index in [9.17, 15) is 13.2 Å². The average molecular weight is 263 g/mol. The molecule has 0 atom stereocenters. The normalized spacial score (nSPS) is 11.5. The van der Waals surface area contributed by atoms with E-state index in [-0.39, 0.29) is 19.6 Å². The molecule has 0 aromatic heterocycles. The number of hydrogen-bond acceptors (Lipinski definition) is 3. The Bertz CT molecular complexity index is 338. The Labute approximate surface area is 104 Å². The minimum Gasteiger partial charge on any atom is -0.491 e. The smallest absolute Gasteiger partial charge is 0.389 e. The van der Waals surface area contributed by atoms with Gasteiger partial charge in [0.25, 0.3) is 0 Å². The van der Waals surface area contributed by atoms with Crippen LogP contribution in [0.5, 0.6) is 5.75 Å². The van der Waals surface area contributed by atoms with Crippen molar-refractivity contribution in [3.05, 3.63) is 24.3 Å². The Morgan fingerprint density at radius 1 is 1.00 bits per heavy atom. The molecule has 3 nitrogen and oxygen atoms in total. The van der Waals surface area contributed by atoms with Gasteiger partial charge in [0, 0.05) is 18.7 Å². The molecule has 0 aliphatic rings. The molecule has 6 heteroatoms. The Morgan fingerprint density at radius 3 is 2.28 bits per heavy atom. The standard InChI is InChI=1S/C12H16F3NO2/c13-12(14,15)6-1-7-17-8-9-18-11-4-2-10(16)3-5-11/h2-5H,1,6-9,16H2. The molecule has 1 aromatic rings. The van der Waals surface area contributed by atoms with Crippen molar-refractivity contribution in [3.63, 3.8) is 0 Å². The van der Waals surface area contributed by atoms with Crippen LogP contribution in [0.4, 0.5) is 18.9 Å². The topological polar surface area (TPSA) is 44.5 Å². The van der Waals surface area contributed by atoms with Crippen molar-refractivity contribution in [2.75, 3.05) is 25.6 Å². The van der Waals surface area contributed by atoms with Crippen LogP contribution in [-0.2, 0) is 4.74 Å². The molecule has 0 spiro atoms. The largest absolute Gasteiger partial charge is 0.491 e. The van der Waals surface area contributed by atoms with Gasteiger partial charge in [-0.15, -0.1) is 0 Å². The van der Waals surface area contributed by atoms with Crippen molar-refractivity contribution < 1.29 is 22.6 Å². The van der Waals surface area contributed by atoms with E-state index in [2.05, 4.69) is 0 Å². The van der Waals surface area contributed by atoms with Crippen LogP contribution in [0.1, 0.15) is 12.8 Å². The first-order chi connectivity index (χ1) is 8.47. The molecule has 0 fully saturated rings. The summed E-state index contributed by atoms with van der Waals surface area (Å²) in [7, 11) is 0. The zero-order chi connectivity index (χ0) is 13.4. The Kier molecular flexibility index (Phi) is 5.77. The third kappa shape index (κ3) is 7.01. The van der Waals surface area contributed by atoms with Crippen LogP contribution in [0, 0.1) is 0 Å². The van der Waals surface area contributed by atoms with E-state index >= 15 is 0 Å². The van der Waals surface area contributed by atoms with Crippen LogP contribution >= 0.6 is 0 Å². The van der Waals surface area contributed by atoms with Crippen LogP contribution in [0.15, 0.2) is 24.3 Å². The quantitative estimate of drug-likeness (QED) is 0.607. The Balaban J connectivity index is 2.00. The lowest BCUT2D eigenvalue weighted by Gasteiger charge is -2.08. The molecule has 0 bridgehead atoms. The highest BCUT2D eigenvalue weighted by Crippen LogP contribution is 2.21. The lowest BCUT2D eigenvalue weighted by atomic mass is 10.3. The predicted octanol–water partition coefficient (Wildman–Crippen LogP) is 3.01. The highest BCUT2D eigenvalue weighted by molar-refractivity contribution is 5.41. The number of anilines is 1. The van der Waals surface area contributed by atoms with Crippen molar-refractivity contribution >= 4 is 5.69 Å². The first-order valence-corrected chi connectivity index (χ1v) is 5.60. The van der Waals surface area contributed by atoms with Crippen LogP contribution in [0.25, 0.3) is 0 Å². The number of nitrogens with two attached hydrogens (primary N) is 1. The van der Waals surface area contributed by atoms with Gasteiger partial charge in [-0.2, -0.15) is 13.2 Å². The summed E-state index contributed by atoms with van der Waals surface area (Å²) in [5.74, 6) is 0.656. The molecule has 18 heavy (non-hydrogen) atoms. The van der Waals surface area contributed by atoms with Crippen molar-refractivity contribution in [2.45, 2.75) is 19.0 Å². The van der Waals surface area contributed by atoms with E-state index in [1.165, 1.54) is 0 Å². The zero-order valence-corrected chi connectivity index (χ0v) is 9.87. The highest BCUT2D eigenvalue weighted by atomic mass is 19.4. The van der Waals surface area contributed by atoms with E-state index in [1.807, 2.05) is 0 Å². The second kappa shape index (κ2) is 7.10. The van der Waals surface area contributed by atoms with Gasteiger partial charge in [0.05, 0.1) is 6.61 Å². The molecule has 102 valence electrons. The second-order valence-corrected chi connectivity index (χ2v) is 3.75. The summed E-state index contributed by atoms with van der Waals surface area (Å²) in [4.78, 5) is 0. The Hall–Kier alpha value is -1.43. The summed E-state index contributed by atoms with van der Waals surface area (Å²) in [6, 6.07) is 6.86. The number of halogens is 3. The highest BCUT2D eigenvalue weighted by Gasteiger charge is 2.25. The molecule has 1 rings (SSSR count). The van der Waals surface area contributed by atoms with Gasteiger partial charge in [0.1, 0.15) is 12.4 Å². The van der Waals surface area contributed by atoms with E-state index in [4.69, 9.17) is 15.2 Å². The number of rotatable bonds is 7. The first kappa shape index (κ1) is 14.6. The summed E-state index contributed by atoms with van der Waals surface area (Å²) in [5.41, 5.74) is 6.14. The van der Waals surface area contributed by atoms with Gasteiger partial charge in [0.15, 0.2) is 0 Å². The fraction of sp³-hybridized carbons (Fsp3) is 0.500. The zero-order valence-electron chi connectivity index (χ0n) is 9.87. The van der Waals surface area contributed by atoms with Crippen LogP contribution in [0.2, 0.25) is 0 Å². The van der Waals surface area contributed by atoms with Gasteiger partial charge in [-0.05, 0) is 30.7 Å². The summed E-state index contributed by atoms with van der Waals surface area (Å²) >= 11 is 0. The lowest BCUT2D eigenvalue weighted by molar-refractivity contribution is -0.138. The molecule has 0 saturated heterocycles. The van der Waals surface area contributed by atoms with Crippen molar-refractivity contribution in [2.24, 2.45) is 0 Å². The van der Waals surface area contributed by atoms with Crippen molar-refractivity contribution in [1.82, 2.24) is 0 Å². The second-order valence-electron chi connectivity index (χ2n) is 3.75. The third-order valence-electron chi connectivity index (χ3n) is 2.13. The molecule has 0 amide bonds. The maximum Gasteiger partial charge on any atom is 0.389 e. The number of hydrogen-bond donors (Lipinski definition) is 1. The van der Waals surface area contributed by atoms with Gasteiger partial charge in [-0.25, -0.2) is 0 Å². The van der Waals surface area contributed by atoms with Crippen molar-refractivity contribution in [1.29, 1.82) is 0 Å². The molecule has 0 aliphatic heterocycles. The van der Waals surface area contributed by atoms with E-state index in [0.29, 0.717) is 18.0 Å². The lowest BCUT2D eigenvalue weighted by Crippen LogP contribution is -2.11. The summed E-state index contributed by atoms with van der Waals surface area (Å²) in [6.45, 7) is 0.656. The monoisotopic (exact) mass is 263 g/mol. The van der Waals surface area contributed by atoms with Gasteiger partial charge >= 0.3 is 6.18 Å². The molecular formula is C12H16F3NO2. The van der Waals surface area contributed by atoms with Crippen molar-refractivity contribution in [3.8, 4) is 5.75 Å². The molecule has 0 heterocycles. The maximum absolute atomic E-state index is 11.8. The predicted molar refractivity (Wildman–Crippen MR) is 62.5 cm³/mol. The minimum atomic E-state index is -4.11. The SMILES string of the molecule is Nc1ccc(OCCOCCCC(F)(F)F)cc1. The molecule has 2 N–H and O–H groups in total. The summed E-state index contributed by atoms with van der Waals surface area (Å²) < 4.78 is 45.7. The van der Waals surface area contributed by atoms with Crippen LogP contribution < -0.4 is 10.5 Å². The number of alkyl halides is 3. The van der Waals surface area contributed by atoms with Gasteiger partial charge in [0.2, 0.25) is 0 Å². The molecule has 0 aliphatic carbocycles.